The number of nitriles is 1. The van der Waals surface area contributed by atoms with E-state index >= 15 is 0 Å². The first-order chi connectivity index (χ1) is 6.65. The Balaban J connectivity index is 0.000000791. The predicted molar refractivity (Wildman–Crippen MR) is 49.1 cm³/mol. The summed E-state index contributed by atoms with van der Waals surface area (Å²) >= 11 is 0. The van der Waals surface area contributed by atoms with E-state index in [4.69, 9.17) is 5.26 Å². The maximum Gasteiger partial charge on any atom is 0.270 e. The third kappa shape index (κ3) is 2.83. The number of rotatable bonds is 1. The van der Waals surface area contributed by atoms with Crippen LogP contribution in [0, 0.1) is 27.3 Å². The normalized spacial score (nSPS) is 8.14. The van der Waals surface area contributed by atoms with Gasteiger partial charge in [-0.2, -0.15) is 5.26 Å². The maximum absolute atomic E-state index is 12.6. The quantitative estimate of drug-likeness (QED) is 0.512. The number of halogens is 1. The molecule has 74 valence electrons. The fourth-order valence-electron chi connectivity index (χ4n) is 0.713. The number of benzene rings is 1. The summed E-state index contributed by atoms with van der Waals surface area (Å²) in [4.78, 5) is 9.47. The molecule has 0 bridgehead atoms. The SMILES string of the molecule is CC.N#Cc1cc([N+](=O)[O-])ccc1F. The van der Waals surface area contributed by atoms with Crippen molar-refractivity contribution in [2.75, 3.05) is 0 Å². The van der Waals surface area contributed by atoms with Crippen LogP contribution in [0.4, 0.5) is 10.1 Å². The van der Waals surface area contributed by atoms with Crippen molar-refractivity contribution in [2.45, 2.75) is 13.8 Å². The average molecular weight is 196 g/mol. The summed E-state index contributed by atoms with van der Waals surface area (Å²) in [6.45, 7) is 4.00. The summed E-state index contributed by atoms with van der Waals surface area (Å²) < 4.78 is 12.6. The zero-order chi connectivity index (χ0) is 11.1. The van der Waals surface area contributed by atoms with Gasteiger partial charge in [0.15, 0.2) is 0 Å². The molecule has 14 heavy (non-hydrogen) atoms. The molecule has 0 aromatic heterocycles. The summed E-state index contributed by atoms with van der Waals surface area (Å²) in [6.07, 6.45) is 0. The van der Waals surface area contributed by atoms with Crippen LogP contribution in [0.1, 0.15) is 19.4 Å². The summed E-state index contributed by atoms with van der Waals surface area (Å²) in [5.41, 5.74) is -0.600. The highest BCUT2D eigenvalue weighted by Crippen LogP contribution is 2.15. The van der Waals surface area contributed by atoms with Crippen LogP contribution in [0.2, 0.25) is 0 Å². The van der Waals surface area contributed by atoms with Crippen LogP contribution < -0.4 is 0 Å². The monoisotopic (exact) mass is 196 g/mol. The van der Waals surface area contributed by atoms with E-state index in [-0.39, 0.29) is 11.3 Å². The second-order valence-electron chi connectivity index (χ2n) is 2.03. The van der Waals surface area contributed by atoms with Gasteiger partial charge in [-0.05, 0) is 6.07 Å². The lowest BCUT2D eigenvalue weighted by atomic mass is 10.2. The predicted octanol–water partition coefficient (Wildman–Crippen LogP) is 2.63. The van der Waals surface area contributed by atoms with E-state index in [1.54, 1.807) is 0 Å². The van der Waals surface area contributed by atoms with Gasteiger partial charge in [0.25, 0.3) is 5.69 Å². The Labute approximate surface area is 80.7 Å². The van der Waals surface area contributed by atoms with E-state index in [0.717, 1.165) is 18.2 Å². The second-order valence-corrected chi connectivity index (χ2v) is 2.03. The molecular weight excluding hydrogens is 187 g/mol. The molecule has 0 radical (unpaired) electrons. The fourth-order valence-corrected chi connectivity index (χ4v) is 0.713. The van der Waals surface area contributed by atoms with Crippen molar-refractivity contribution in [2.24, 2.45) is 0 Å². The van der Waals surface area contributed by atoms with Crippen molar-refractivity contribution in [3.05, 3.63) is 39.7 Å². The lowest BCUT2D eigenvalue weighted by molar-refractivity contribution is -0.384. The van der Waals surface area contributed by atoms with Crippen molar-refractivity contribution in [1.82, 2.24) is 0 Å². The molecule has 1 rings (SSSR count). The maximum atomic E-state index is 12.6. The van der Waals surface area contributed by atoms with Crippen molar-refractivity contribution < 1.29 is 9.31 Å². The smallest absolute Gasteiger partial charge is 0.258 e. The minimum atomic E-state index is -0.747. The first-order valence-electron chi connectivity index (χ1n) is 3.99. The van der Waals surface area contributed by atoms with Gasteiger partial charge in [-0.25, -0.2) is 4.39 Å². The zero-order valence-electron chi connectivity index (χ0n) is 7.82. The fraction of sp³-hybridized carbons (Fsp3) is 0.222. The minimum absolute atomic E-state index is 0.284. The molecule has 0 N–H and O–H groups in total. The van der Waals surface area contributed by atoms with Gasteiger partial charge in [-0.15, -0.1) is 0 Å². The van der Waals surface area contributed by atoms with E-state index in [9.17, 15) is 14.5 Å². The van der Waals surface area contributed by atoms with Crippen molar-refractivity contribution in [3.8, 4) is 6.07 Å². The van der Waals surface area contributed by atoms with E-state index in [2.05, 4.69) is 0 Å². The van der Waals surface area contributed by atoms with E-state index in [1.165, 1.54) is 6.07 Å². The Morgan fingerprint density at radius 3 is 2.50 bits per heavy atom. The number of nitro benzene ring substituents is 1. The van der Waals surface area contributed by atoms with E-state index < -0.39 is 10.7 Å². The molecule has 0 unspecified atom stereocenters. The van der Waals surface area contributed by atoms with Crippen LogP contribution in [0.25, 0.3) is 0 Å². The first kappa shape index (κ1) is 12.0. The zero-order valence-corrected chi connectivity index (χ0v) is 7.82. The Kier molecular flexibility index (Phi) is 4.86. The number of hydrogen-bond donors (Lipinski definition) is 0. The second kappa shape index (κ2) is 5.65. The highest BCUT2D eigenvalue weighted by molar-refractivity contribution is 5.41. The van der Waals surface area contributed by atoms with Crippen molar-refractivity contribution in [3.63, 3.8) is 0 Å². The number of nitrogens with zero attached hydrogens (tertiary/aromatic N) is 2. The first-order valence-corrected chi connectivity index (χ1v) is 3.99. The molecule has 0 amide bonds. The molecule has 0 atom stereocenters. The molecule has 1 aromatic carbocycles. The van der Waals surface area contributed by atoms with Crippen molar-refractivity contribution in [1.29, 1.82) is 5.26 Å². The number of non-ortho nitro benzene ring substituents is 1. The molecule has 0 saturated carbocycles. The third-order valence-corrected chi connectivity index (χ3v) is 1.28. The molecule has 5 heteroatoms. The van der Waals surface area contributed by atoms with Gasteiger partial charge in [0.1, 0.15) is 11.9 Å². The minimum Gasteiger partial charge on any atom is -0.258 e. The topological polar surface area (TPSA) is 66.9 Å². The Hall–Kier alpha value is -1.96. The molecule has 4 nitrogen and oxygen atoms in total. The van der Waals surface area contributed by atoms with Crippen LogP contribution in [0.15, 0.2) is 18.2 Å². The highest BCUT2D eigenvalue weighted by Gasteiger charge is 2.09. The third-order valence-electron chi connectivity index (χ3n) is 1.28. The lowest BCUT2D eigenvalue weighted by Gasteiger charge is -1.92. The van der Waals surface area contributed by atoms with Crippen LogP contribution >= 0.6 is 0 Å². The molecule has 0 aliphatic heterocycles. The lowest BCUT2D eigenvalue weighted by Crippen LogP contribution is -1.90. The van der Waals surface area contributed by atoms with Crippen LogP contribution in [0.3, 0.4) is 0 Å². The Bertz CT molecular complexity index is 372. The standard InChI is InChI=1S/C7H3FN2O2.C2H6/c8-7-2-1-6(10(11)12)3-5(7)4-9;1-2/h1-3H;1-2H3. The van der Waals surface area contributed by atoms with Gasteiger partial charge in [-0.1, -0.05) is 13.8 Å². The van der Waals surface area contributed by atoms with Gasteiger partial charge in [-0.3, -0.25) is 10.1 Å². The molecule has 0 aliphatic carbocycles. The van der Waals surface area contributed by atoms with Gasteiger partial charge in [0.2, 0.25) is 0 Å². The highest BCUT2D eigenvalue weighted by atomic mass is 19.1. The summed E-state index contributed by atoms with van der Waals surface area (Å²) in [6, 6.07) is 4.32. The van der Waals surface area contributed by atoms with Gasteiger partial charge >= 0.3 is 0 Å². The van der Waals surface area contributed by atoms with Crippen molar-refractivity contribution >= 4 is 5.69 Å². The van der Waals surface area contributed by atoms with E-state index in [1.807, 2.05) is 13.8 Å². The summed E-state index contributed by atoms with van der Waals surface area (Å²) in [5, 5.41) is 18.5. The van der Waals surface area contributed by atoms with Crippen LogP contribution in [0.5, 0.6) is 0 Å². The van der Waals surface area contributed by atoms with Gasteiger partial charge in [0.05, 0.1) is 10.5 Å². The molecule has 0 fully saturated rings. The molecule has 1 aromatic rings. The van der Waals surface area contributed by atoms with Gasteiger partial charge in [0, 0.05) is 12.1 Å². The molecule has 0 spiro atoms. The summed E-state index contributed by atoms with van der Waals surface area (Å²) in [5.74, 6) is -0.747. The molecule has 0 aliphatic rings. The summed E-state index contributed by atoms with van der Waals surface area (Å²) in [7, 11) is 0. The molecular formula is C9H9FN2O2. The van der Waals surface area contributed by atoms with E-state index in [0.29, 0.717) is 0 Å². The van der Waals surface area contributed by atoms with Crippen LogP contribution in [-0.2, 0) is 0 Å². The number of nitro groups is 1. The molecule has 0 saturated heterocycles. The Morgan fingerprint density at radius 2 is 2.07 bits per heavy atom. The largest absolute Gasteiger partial charge is 0.270 e. The van der Waals surface area contributed by atoms with Crippen LogP contribution in [-0.4, -0.2) is 4.92 Å². The average Bonchev–Trinajstić information content (AvgIpc) is 2.21. The number of hydrogen-bond acceptors (Lipinski definition) is 3. The van der Waals surface area contributed by atoms with Gasteiger partial charge < -0.3 is 0 Å². The molecule has 0 heterocycles. The Morgan fingerprint density at radius 1 is 1.50 bits per heavy atom.